The summed E-state index contributed by atoms with van der Waals surface area (Å²) in [7, 11) is 0. The van der Waals surface area contributed by atoms with E-state index in [0.29, 0.717) is 0 Å². The lowest BCUT2D eigenvalue weighted by molar-refractivity contribution is -0.106. The van der Waals surface area contributed by atoms with Crippen molar-refractivity contribution >= 4 is 15.9 Å². The lowest BCUT2D eigenvalue weighted by Crippen LogP contribution is -2.32. The van der Waals surface area contributed by atoms with E-state index in [2.05, 4.69) is 73.1 Å². The maximum Gasteiger partial charge on any atom is 0.199 e. The monoisotopic (exact) mass is 508 g/mol. The van der Waals surface area contributed by atoms with E-state index in [-0.39, 0.29) is 17.1 Å². The first kappa shape index (κ1) is 22.2. The zero-order chi connectivity index (χ0) is 22.8. The quantitative estimate of drug-likeness (QED) is 0.412. The molecule has 176 valence electrons. The van der Waals surface area contributed by atoms with E-state index in [4.69, 9.17) is 9.47 Å². The molecule has 2 aromatic carbocycles. The number of hydrogen-bond acceptors (Lipinski definition) is 2. The highest BCUT2D eigenvalue weighted by Gasteiger charge is 2.59. The molecule has 4 bridgehead atoms. The van der Waals surface area contributed by atoms with E-state index in [1.807, 2.05) is 0 Å². The average Bonchev–Trinajstić information content (AvgIpc) is 3.18. The van der Waals surface area contributed by atoms with Crippen molar-refractivity contribution < 1.29 is 9.47 Å². The van der Waals surface area contributed by atoms with Gasteiger partial charge in [0, 0.05) is 27.4 Å². The van der Waals surface area contributed by atoms with Crippen molar-refractivity contribution in [3.8, 4) is 16.9 Å². The largest absolute Gasteiger partial charge is 0.464 e. The third kappa shape index (κ3) is 3.78. The molecule has 7 rings (SSSR count). The number of halogens is 1. The van der Waals surface area contributed by atoms with Crippen LogP contribution in [0.2, 0.25) is 0 Å². The lowest BCUT2D eigenvalue weighted by atomic mass is 9.68. The van der Waals surface area contributed by atoms with Gasteiger partial charge in [-0.05, 0) is 91.4 Å². The Balaban J connectivity index is 1.58. The van der Waals surface area contributed by atoms with Crippen molar-refractivity contribution in [1.29, 1.82) is 0 Å². The first-order valence-electron chi connectivity index (χ1n) is 13.1. The first-order valence-corrected chi connectivity index (χ1v) is 13.8. The molecule has 1 saturated heterocycles. The van der Waals surface area contributed by atoms with E-state index in [1.165, 1.54) is 60.8 Å². The van der Waals surface area contributed by atoms with Crippen LogP contribution in [0.25, 0.3) is 11.1 Å². The molecule has 2 nitrogen and oxygen atoms in total. The van der Waals surface area contributed by atoms with E-state index in [1.54, 1.807) is 0 Å². The van der Waals surface area contributed by atoms with Gasteiger partial charge in [-0.1, -0.05) is 61.0 Å². The van der Waals surface area contributed by atoms with Gasteiger partial charge in [0.25, 0.3) is 0 Å². The highest BCUT2D eigenvalue weighted by Crippen LogP contribution is 2.67. The van der Waals surface area contributed by atoms with Gasteiger partial charge in [0.05, 0.1) is 6.61 Å². The molecule has 4 aliphatic carbocycles. The normalized spacial score (nSPS) is 33.0. The summed E-state index contributed by atoms with van der Waals surface area (Å²) in [5.41, 5.74) is 5.74. The zero-order valence-corrected chi connectivity index (χ0v) is 21.9. The van der Waals surface area contributed by atoms with Crippen molar-refractivity contribution in [2.75, 3.05) is 6.61 Å². The second-order valence-corrected chi connectivity index (χ2v) is 13.1. The van der Waals surface area contributed by atoms with Crippen LogP contribution >= 0.6 is 15.9 Å². The number of ether oxygens (including phenoxy) is 2. The standard InChI is InChI=1S/C30H37BrO2/c1-29(2,3)21-15-24(23-8-4-5-9-26(23)31)28(33-27-10-6-7-11-32-27)25(16-21)30-17-19-12-20(18-30)14-22(30)13-19/h4-5,8-9,15-16,19-20,22,27H,6-7,10-14,17-18H2,1-3H3. The third-order valence-electron chi connectivity index (χ3n) is 9.03. The summed E-state index contributed by atoms with van der Waals surface area (Å²) >= 11 is 3.86. The summed E-state index contributed by atoms with van der Waals surface area (Å²) < 4.78 is 14.2. The Morgan fingerprint density at radius 3 is 2.39 bits per heavy atom. The predicted octanol–water partition coefficient (Wildman–Crippen LogP) is 8.40. The van der Waals surface area contributed by atoms with Crippen molar-refractivity contribution in [2.45, 2.75) is 89.3 Å². The van der Waals surface area contributed by atoms with E-state index in [9.17, 15) is 0 Å². The highest BCUT2D eigenvalue weighted by atomic mass is 79.9. The second kappa shape index (κ2) is 8.12. The minimum atomic E-state index is -0.133. The predicted molar refractivity (Wildman–Crippen MR) is 138 cm³/mol. The van der Waals surface area contributed by atoms with Crippen LogP contribution in [-0.2, 0) is 15.6 Å². The average molecular weight is 510 g/mol. The van der Waals surface area contributed by atoms with Gasteiger partial charge < -0.3 is 9.47 Å². The molecule has 2 aromatic rings. The van der Waals surface area contributed by atoms with Crippen LogP contribution in [0.3, 0.4) is 0 Å². The van der Waals surface area contributed by atoms with Gasteiger partial charge in [-0.2, -0.15) is 0 Å². The molecule has 0 spiro atoms. The van der Waals surface area contributed by atoms with Crippen LogP contribution in [0.4, 0.5) is 0 Å². The fraction of sp³-hybridized carbons (Fsp3) is 0.600. The molecule has 0 amide bonds. The summed E-state index contributed by atoms with van der Waals surface area (Å²) in [6.45, 7) is 7.84. The first-order chi connectivity index (χ1) is 15.8. The summed E-state index contributed by atoms with van der Waals surface area (Å²) in [5.74, 6) is 3.74. The lowest BCUT2D eigenvalue weighted by Gasteiger charge is -2.38. The molecule has 5 aliphatic rings. The molecule has 0 radical (unpaired) electrons. The number of hydrogen-bond donors (Lipinski definition) is 0. The summed E-state index contributed by atoms with van der Waals surface area (Å²) in [4.78, 5) is 0. The Kier molecular flexibility index (Phi) is 5.46. The highest BCUT2D eigenvalue weighted by molar-refractivity contribution is 9.10. The van der Waals surface area contributed by atoms with E-state index < -0.39 is 0 Å². The molecule has 1 aliphatic heterocycles. The maximum absolute atomic E-state index is 6.92. The molecule has 0 N–H and O–H groups in total. The van der Waals surface area contributed by atoms with Crippen LogP contribution in [0.1, 0.15) is 83.3 Å². The molecule has 3 heteroatoms. The minimum Gasteiger partial charge on any atom is -0.464 e. The molecule has 4 saturated carbocycles. The third-order valence-corrected chi connectivity index (χ3v) is 9.72. The number of rotatable bonds is 4. The topological polar surface area (TPSA) is 18.5 Å². The molecule has 33 heavy (non-hydrogen) atoms. The number of benzene rings is 2. The Hall–Kier alpha value is -1.32. The summed E-state index contributed by atoms with van der Waals surface area (Å²) in [6.07, 6.45) is 10.2. The Labute approximate surface area is 207 Å². The van der Waals surface area contributed by atoms with Gasteiger partial charge in [-0.3, -0.25) is 0 Å². The molecule has 3 unspecified atom stereocenters. The van der Waals surface area contributed by atoms with Gasteiger partial charge in [0.15, 0.2) is 6.29 Å². The molecular weight excluding hydrogens is 472 g/mol. The Morgan fingerprint density at radius 2 is 1.73 bits per heavy atom. The fourth-order valence-electron chi connectivity index (χ4n) is 7.61. The van der Waals surface area contributed by atoms with Crippen LogP contribution in [0.5, 0.6) is 5.75 Å². The van der Waals surface area contributed by atoms with Gasteiger partial charge in [-0.15, -0.1) is 0 Å². The van der Waals surface area contributed by atoms with Crippen molar-refractivity contribution in [3.05, 3.63) is 52.0 Å². The van der Waals surface area contributed by atoms with Crippen LogP contribution in [-0.4, -0.2) is 12.9 Å². The van der Waals surface area contributed by atoms with Gasteiger partial charge in [-0.25, -0.2) is 0 Å². The zero-order valence-electron chi connectivity index (χ0n) is 20.3. The molecule has 0 aromatic heterocycles. The van der Waals surface area contributed by atoms with Crippen LogP contribution < -0.4 is 4.74 Å². The molecule has 3 atom stereocenters. The minimum absolute atomic E-state index is 0.0802. The fourth-order valence-corrected chi connectivity index (χ4v) is 8.11. The van der Waals surface area contributed by atoms with Crippen molar-refractivity contribution in [1.82, 2.24) is 0 Å². The smallest absolute Gasteiger partial charge is 0.199 e. The van der Waals surface area contributed by atoms with Gasteiger partial charge in [0.2, 0.25) is 0 Å². The summed E-state index contributed by atoms with van der Waals surface area (Å²) in [6, 6.07) is 13.6. The van der Waals surface area contributed by atoms with E-state index in [0.717, 1.165) is 47.4 Å². The van der Waals surface area contributed by atoms with Crippen molar-refractivity contribution in [3.63, 3.8) is 0 Å². The Morgan fingerprint density at radius 1 is 0.970 bits per heavy atom. The SMILES string of the molecule is CC(C)(C)c1cc(-c2ccccc2Br)c(OC2CCCCO2)c(C23CC4CC(CC2C4)C3)c1. The molecule has 5 fully saturated rings. The van der Waals surface area contributed by atoms with E-state index >= 15 is 0 Å². The van der Waals surface area contributed by atoms with Gasteiger partial charge in [0.1, 0.15) is 5.75 Å². The maximum atomic E-state index is 6.92. The second-order valence-electron chi connectivity index (χ2n) is 12.2. The van der Waals surface area contributed by atoms with Crippen molar-refractivity contribution in [2.24, 2.45) is 17.8 Å². The Bertz CT molecular complexity index is 1030. The van der Waals surface area contributed by atoms with Gasteiger partial charge >= 0.3 is 0 Å². The van der Waals surface area contributed by atoms with Crippen LogP contribution in [0.15, 0.2) is 40.9 Å². The summed E-state index contributed by atoms with van der Waals surface area (Å²) in [5, 5.41) is 0. The molecular formula is C30H37BrO2. The molecule has 1 heterocycles. The van der Waals surface area contributed by atoms with Crippen LogP contribution in [0, 0.1) is 17.8 Å².